The highest BCUT2D eigenvalue weighted by atomic mass is 35.5. The Morgan fingerprint density at radius 2 is 2.28 bits per heavy atom. The van der Waals surface area contributed by atoms with Crippen LogP contribution in [-0.4, -0.2) is 41.5 Å². The van der Waals surface area contributed by atoms with E-state index < -0.39 is 11.7 Å². The minimum atomic E-state index is -4.49. The Kier molecular flexibility index (Phi) is 6.51. The molecule has 0 aliphatic carbocycles. The SMILES string of the molecule is C[C@@H](N)[C@@H]1CCCN(C(=O)CCNc2ncc(C(F)(F)F)cc2Cl)C1. The highest BCUT2D eigenvalue weighted by molar-refractivity contribution is 6.32. The van der Waals surface area contributed by atoms with Gasteiger partial charge in [0.15, 0.2) is 0 Å². The summed E-state index contributed by atoms with van der Waals surface area (Å²) in [6, 6.07) is 0.861. The molecule has 0 saturated carbocycles. The van der Waals surface area contributed by atoms with Crippen molar-refractivity contribution in [2.24, 2.45) is 11.7 Å². The fourth-order valence-corrected chi connectivity index (χ4v) is 3.07. The number of hydrogen-bond acceptors (Lipinski definition) is 4. The first-order chi connectivity index (χ1) is 11.7. The maximum Gasteiger partial charge on any atom is 0.417 e. The molecule has 1 aliphatic rings. The number of halogens is 4. The van der Waals surface area contributed by atoms with Gasteiger partial charge in [-0.15, -0.1) is 0 Å². The molecule has 2 atom stereocenters. The van der Waals surface area contributed by atoms with Gasteiger partial charge in [-0.1, -0.05) is 11.6 Å². The highest BCUT2D eigenvalue weighted by Crippen LogP contribution is 2.32. The lowest BCUT2D eigenvalue weighted by atomic mass is 9.92. The minimum Gasteiger partial charge on any atom is -0.368 e. The van der Waals surface area contributed by atoms with Crippen molar-refractivity contribution in [1.29, 1.82) is 0 Å². The Labute approximate surface area is 149 Å². The zero-order valence-corrected chi connectivity index (χ0v) is 14.7. The molecule has 0 unspecified atom stereocenters. The van der Waals surface area contributed by atoms with E-state index in [-0.39, 0.29) is 35.8 Å². The number of piperidine rings is 1. The van der Waals surface area contributed by atoms with Crippen molar-refractivity contribution < 1.29 is 18.0 Å². The molecule has 0 aromatic carbocycles. The molecule has 0 bridgehead atoms. The second-order valence-electron chi connectivity index (χ2n) is 6.33. The van der Waals surface area contributed by atoms with Crippen molar-refractivity contribution in [2.75, 3.05) is 25.0 Å². The lowest BCUT2D eigenvalue weighted by Crippen LogP contribution is -2.45. The van der Waals surface area contributed by atoms with Crippen molar-refractivity contribution in [1.82, 2.24) is 9.88 Å². The summed E-state index contributed by atoms with van der Waals surface area (Å²) < 4.78 is 37.7. The lowest BCUT2D eigenvalue weighted by Gasteiger charge is -2.34. The monoisotopic (exact) mass is 378 g/mol. The first kappa shape index (κ1) is 19.8. The van der Waals surface area contributed by atoms with E-state index in [2.05, 4.69) is 10.3 Å². The van der Waals surface area contributed by atoms with Gasteiger partial charge in [0.1, 0.15) is 5.82 Å². The Morgan fingerprint density at radius 1 is 1.56 bits per heavy atom. The number of pyridine rings is 1. The van der Waals surface area contributed by atoms with Gasteiger partial charge in [0.05, 0.1) is 10.6 Å². The molecule has 1 aliphatic heterocycles. The first-order valence-corrected chi connectivity index (χ1v) is 8.56. The number of carbonyl (C=O) groups excluding carboxylic acids is 1. The predicted octanol–water partition coefficient (Wildman–Crippen LogP) is 3.14. The number of carbonyl (C=O) groups is 1. The number of nitrogens with zero attached hydrogens (tertiary/aromatic N) is 2. The van der Waals surface area contributed by atoms with E-state index in [1.165, 1.54) is 0 Å². The number of anilines is 1. The van der Waals surface area contributed by atoms with E-state index in [1.807, 2.05) is 6.92 Å². The van der Waals surface area contributed by atoms with Crippen LogP contribution in [0.5, 0.6) is 0 Å². The van der Waals surface area contributed by atoms with E-state index >= 15 is 0 Å². The Hall–Kier alpha value is -1.54. The quantitative estimate of drug-likeness (QED) is 0.825. The summed E-state index contributed by atoms with van der Waals surface area (Å²) in [6.45, 7) is 3.55. The molecule has 1 aromatic rings. The van der Waals surface area contributed by atoms with Crippen molar-refractivity contribution in [3.63, 3.8) is 0 Å². The topological polar surface area (TPSA) is 71.2 Å². The van der Waals surface area contributed by atoms with Gasteiger partial charge in [-0.05, 0) is 31.7 Å². The van der Waals surface area contributed by atoms with E-state index in [1.54, 1.807) is 4.90 Å². The first-order valence-electron chi connectivity index (χ1n) is 8.18. The molecule has 2 heterocycles. The summed E-state index contributed by atoms with van der Waals surface area (Å²) in [4.78, 5) is 17.7. The van der Waals surface area contributed by atoms with Gasteiger partial charge >= 0.3 is 6.18 Å². The molecule has 0 radical (unpaired) electrons. The summed E-state index contributed by atoms with van der Waals surface area (Å²) in [7, 11) is 0. The predicted molar refractivity (Wildman–Crippen MR) is 90.3 cm³/mol. The second kappa shape index (κ2) is 8.23. The largest absolute Gasteiger partial charge is 0.417 e. The van der Waals surface area contributed by atoms with Gasteiger partial charge in [-0.3, -0.25) is 4.79 Å². The number of rotatable bonds is 5. The summed E-state index contributed by atoms with van der Waals surface area (Å²) in [5, 5.41) is 2.69. The number of nitrogens with one attached hydrogen (secondary N) is 1. The van der Waals surface area contributed by atoms with Gasteiger partial charge in [0.2, 0.25) is 5.91 Å². The maximum absolute atomic E-state index is 12.6. The fraction of sp³-hybridized carbons (Fsp3) is 0.625. The van der Waals surface area contributed by atoms with Crippen LogP contribution in [0.2, 0.25) is 5.02 Å². The third-order valence-corrected chi connectivity index (χ3v) is 4.64. The number of aromatic nitrogens is 1. The van der Waals surface area contributed by atoms with Crippen molar-refractivity contribution in [3.05, 3.63) is 22.8 Å². The fourth-order valence-electron chi connectivity index (χ4n) is 2.83. The van der Waals surface area contributed by atoms with Crippen LogP contribution in [0, 0.1) is 5.92 Å². The van der Waals surface area contributed by atoms with Crippen LogP contribution < -0.4 is 11.1 Å². The minimum absolute atomic E-state index is 0.0131. The zero-order valence-electron chi connectivity index (χ0n) is 13.9. The summed E-state index contributed by atoms with van der Waals surface area (Å²) in [5.74, 6) is 0.423. The van der Waals surface area contributed by atoms with Crippen LogP contribution in [0.3, 0.4) is 0 Å². The van der Waals surface area contributed by atoms with Crippen molar-refractivity contribution in [2.45, 2.75) is 38.4 Å². The third kappa shape index (κ3) is 5.47. The molecule has 1 saturated heterocycles. The molecule has 0 spiro atoms. The average molecular weight is 379 g/mol. The maximum atomic E-state index is 12.6. The van der Waals surface area contributed by atoms with Gasteiger partial charge in [-0.25, -0.2) is 4.98 Å². The molecule has 2 rings (SSSR count). The Morgan fingerprint density at radius 3 is 2.88 bits per heavy atom. The number of likely N-dealkylation sites (tertiary alicyclic amines) is 1. The highest BCUT2D eigenvalue weighted by Gasteiger charge is 2.31. The molecule has 3 N–H and O–H groups in total. The van der Waals surface area contributed by atoms with Crippen LogP contribution in [-0.2, 0) is 11.0 Å². The molecule has 9 heteroatoms. The number of nitrogens with two attached hydrogens (primary N) is 1. The third-order valence-electron chi connectivity index (χ3n) is 4.35. The molecular weight excluding hydrogens is 357 g/mol. The van der Waals surface area contributed by atoms with Crippen LogP contribution in [0.1, 0.15) is 31.7 Å². The van der Waals surface area contributed by atoms with Gasteiger partial charge in [-0.2, -0.15) is 13.2 Å². The molecule has 5 nitrogen and oxygen atoms in total. The number of amides is 1. The lowest BCUT2D eigenvalue weighted by molar-refractivity contribution is -0.137. The zero-order chi connectivity index (χ0) is 18.6. The standard InChI is InChI=1S/C16H22ClF3N4O/c1-10(21)11-3-2-6-24(9-11)14(25)4-5-22-15-13(17)7-12(8-23-15)16(18,19)20/h7-8,10-11H,2-6,9,21H2,1H3,(H,22,23)/t10-,11-/m1/s1. The number of hydrogen-bond donors (Lipinski definition) is 2. The van der Waals surface area contributed by atoms with E-state index in [9.17, 15) is 18.0 Å². The van der Waals surface area contributed by atoms with E-state index in [0.29, 0.717) is 25.2 Å². The van der Waals surface area contributed by atoms with E-state index in [4.69, 9.17) is 17.3 Å². The molecule has 1 fully saturated rings. The molecular formula is C16H22ClF3N4O. The Balaban J connectivity index is 1.85. The normalized spacial score (nSPS) is 19.6. The van der Waals surface area contributed by atoms with Gasteiger partial charge in [0, 0.05) is 38.3 Å². The van der Waals surface area contributed by atoms with E-state index in [0.717, 1.165) is 18.9 Å². The van der Waals surface area contributed by atoms with Crippen LogP contribution in [0.15, 0.2) is 12.3 Å². The van der Waals surface area contributed by atoms with Crippen LogP contribution >= 0.6 is 11.6 Å². The number of alkyl halides is 3. The average Bonchev–Trinajstić information content (AvgIpc) is 2.55. The summed E-state index contributed by atoms with van der Waals surface area (Å²) in [5.41, 5.74) is 5.00. The molecule has 25 heavy (non-hydrogen) atoms. The van der Waals surface area contributed by atoms with Crippen molar-refractivity contribution in [3.8, 4) is 0 Å². The van der Waals surface area contributed by atoms with Crippen molar-refractivity contribution >= 4 is 23.3 Å². The molecule has 1 aromatic heterocycles. The van der Waals surface area contributed by atoms with Crippen LogP contribution in [0.25, 0.3) is 0 Å². The smallest absolute Gasteiger partial charge is 0.368 e. The second-order valence-corrected chi connectivity index (χ2v) is 6.74. The molecule has 140 valence electrons. The van der Waals surface area contributed by atoms with Gasteiger partial charge in [0.25, 0.3) is 0 Å². The van der Waals surface area contributed by atoms with Crippen LogP contribution in [0.4, 0.5) is 19.0 Å². The summed E-state index contributed by atoms with van der Waals surface area (Å²) in [6.07, 6.45) is -1.61. The molecule has 1 amide bonds. The Bertz CT molecular complexity index is 610. The summed E-state index contributed by atoms with van der Waals surface area (Å²) >= 11 is 5.82. The van der Waals surface area contributed by atoms with Gasteiger partial charge < -0.3 is 16.0 Å².